The highest BCUT2D eigenvalue weighted by atomic mass is 32.1. The minimum absolute atomic E-state index is 0.0772. The molecule has 1 atom stereocenters. The third-order valence-corrected chi connectivity index (χ3v) is 3.86. The van der Waals surface area contributed by atoms with Gasteiger partial charge in [0.05, 0.1) is 4.88 Å². The Hall–Kier alpha value is -0.870. The molecule has 1 unspecified atom stereocenters. The van der Waals surface area contributed by atoms with Crippen molar-refractivity contribution in [3.63, 3.8) is 0 Å². The number of hydrogen-bond acceptors (Lipinski definition) is 3. The Morgan fingerprint density at radius 3 is 3.13 bits per heavy atom. The highest BCUT2D eigenvalue weighted by Crippen LogP contribution is 2.17. The minimum Gasteiger partial charge on any atom is -0.347 e. The van der Waals surface area contributed by atoms with Crippen LogP contribution in [0, 0.1) is 0 Å². The van der Waals surface area contributed by atoms with Gasteiger partial charge in [0.1, 0.15) is 0 Å². The summed E-state index contributed by atoms with van der Waals surface area (Å²) in [6, 6.07) is 4.26. The van der Waals surface area contributed by atoms with Crippen molar-refractivity contribution in [2.45, 2.75) is 25.8 Å². The third kappa shape index (κ3) is 2.58. The molecule has 2 N–H and O–H groups in total. The monoisotopic (exact) mass is 224 g/mol. The van der Waals surface area contributed by atoms with Gasteiger partial charge in [-0.2, -0.15) is 0 Å². The van der Waals surface area contributed by atoms with Crippen LogP contribution in [-0.4, -0.2) is 25.0 Å². The second-order valence-electron chi connectivity index (χ2n) is 3.78. The zero-order valence-corrected chi connectivity index (χ0v) is 9.69. The lowest BCUT2D eigenvalue weighted by molar-refractivity contribution is 0.0944. The normalized spacial score (nSPS) is 20.5. The lowest BCUT2D eigenvalue weighted by Crippen LogP contribution is -2.35. The summed E-state index contributed by atoms with van der Waals surface area (Å²) in [5.41, 5.74) is 0. The van der Waals surface area contributed by atoms with Crippen LogP contribution >= 0.6 is 11.3 Å². The topological polar surface area (TPSA) is 41.1 Å². The van der Waals surface area contributed by atoms with Gasteiger partial charge in [0.25, 0.3) is 5.91 Å². The minimum atomic E-state index is 0.0772. The predicted molar refractivity (Wildman–Crippen MR) is 62.4 cm³/mol. The molecule has 0 saturated carbocycles. The van der Waals surface area contributed by atoms with Crippen molar-refractivity contribution < 1.29 is 4.79 Å². The average molecular weight is 224 g/mol. The van der Waals surface area contributed by atoms with E-state index in [-0.39, 0.29) is 5.91 Å². The summed E-state index contributed by atoms with van der Waals surface area (Å²) in [6.45, 7) is 4.02. The van der Waals surface area contributed by atoms with E-state index >= 15 is 0 Å². The van der Waals surface area contributed by atoms with E-state index in [1.165, 1.54) is 4.88 Å². The quantitative estimate of drug-likeness (QED) is 0.815. The number of amides is 1. The maximum atomic E-state index is 11.8. The summed E-state index contributed by atoms with van der Waals surface area (Å²) in [4.78, 5) is 13.9. The van der Waals surface area contributed by atoms with Crippen LogP contribution in [0.4, 0.5) is 0 Å². The first kappa shape index (κ1) is 10.6. The molecule has 82 valence electrons. The van der Waals surface area contributed by atoms with Crippen LogP contribution in [0.25, 0.3) is 0 Å². The molecule has 4 heteroatoms. The Balaban J connectivity index is 1.94. The molecule has 0 aliphatic carbocycles. The van der Waals surface area contributed by atoms with Gasteiger partial charge >= 0.3 is 0 Å². The average Bonchev–Trinajstić information content (AvgIpc) is 2.86. The molecule has 3 nitrogen and oxygen atoms in total. The SMILES string of the molecule is CCc1ccc(C(=O)NC2CCNC2)s1. The van der Waals surface area contributed by atoms with Crippen LogP contribution in [0.2, 0.25) is 0 Å². The van der Waals surface area contributed by atoms with Gasteiger partial charge in [-0.15, -0.1) is 11.3 Å². The van der Waals surface area contributed by atoms with E-state index in [1.807, 2.05) is 12.1 Å². The third-order valence-electron chi connectivity index (χ3n) is 2.63. The lowest BCUT2D eigenvalue weighted by Gasteiger charge is -2.09. The van der Waals surface area contributed by atoms with Gasteiger partial charge in [-0.3, -0.25) is 4.79 Å². The first-order valence-electron chi connectivity index (χ1n) is 5.40. The van der Waals surface area contributed by atoms with Gasteiger partial charge < -0.3 is 10.6 Å². The van der Waals surface area contributed by atoms with Crippen molar-refractivity contribution in [1.29, 1.82) is 0 Å². The van der Waals surface area contributed by atoms with E-state index in [9.17, 15) is 4.79 Å². The molecule has 2 rings (SSSR count). The molecule has 1 aliphatic heterocycles. The fourth-order valence-electron chi connectivity index (χ4n) is 1.72. The standard InChI is InChI=1S/C11H16N2OS/c1-2-9-3-4-10(15-9)11(14)13-8-5-6-12-7-8/h3-4,8,12H,2,5-7H2,1H3,(H,13,14). The molecule has 1 aromatic heterocycles. The fraction of sp³-hybridized carbons (Fsp3) is 0.545. The van der Waals surface area contributed by atoms with Crippen LogP contribution < -0.4 is 10.6 Å². The Kier molecular flexibility index (Phi) is 3.38. The van der Waals surface area contributed by atoms with Gasteiger partial charge in [0, 0.05) is 17.5 Å². The number of carbonyl (C=O) groups is 1. The van der Waals surface area contributed by atoms with E-state index in [1.54, 1.807) is 11.3 Å². The molecule has 1 aliphatic rings. The van der Waals surface area contributed by atoms with E-state index < -0.39 is 0 Å². The van der Waals surface area contributed by atoms with Crippen LogP contribution in [0.15, 0.2) is 12.1 Å². The molecule has 1 amide bonds. The van der Waals surface area contributed by atoms with E-state index in [0.29, 0.717) is 6.04 Å². The van der Waals surface area contributed by atoms with Crippen LogP contribution in [0.1, 0.15) is 27.9 Å². The van der Waals surface area contributed by atoms with Gasteiger partial charge in [-0.1, -0.05) is 6.92 Å². The second kappa shape index (κ2) is 4.77. The van der Waals surface area contributed by atoms with Crippen molar-refractivity contribution in [2.24, 2.45) is 0 Å². The zero-order valence-electron chi connectivity index (χ0n) is 8.88. The summed E-state index contributed by atoms with van der Waals surface area (Å²) in [6.07, 6.45) is 2.04. The van der Waals surface area contributed by atoms with E-state index in [4.69, 9.17) is 0 Å². The Morgan fingerprint density at radius 1 is 1.67 bits per heavy atom. The Morgan fingerprint density at radius 2 is 2.53 bits per heavy atom. The number of nitrogens with one attached hydrogen (secondary N) is 2. The summed E-state index contributed by atoms with van der Waals surface area (Å²) in [7, 11) is 0. The summed E-state index contributed by atoms with van der Waals surface area (Å²) in [5, 5.41) is 6.28. The van der Waals surface area contributed by atoms with Crippen LogP contribution in [0.3, 0.4) is 0 Å². The van der Waals surface area contributed by atoms with Crippen molar-refractivity contribution in [1.82, 2.24) is 10.6 Å². The zero-order chi connectivity index (χ0) is 10.7. The van der Waals surface area contributed by atoms with Crippen LogP contribution in [-0.2, 0) is 6.42 Å². The number of carbonyl (C=O) groups excluding carboxylic acids is 1. The van der Waals surface area contributed by atoms with Crippen LogP contribution in [0.5, 0.6) is 0 Å². The van der Waals surface area contributed by atoms with Gasteiger partial charge in [-0.05, 0) is 31.5 Å². The molecule has 15 heavy (non-hydrogen) atoms. The van der Waals surface area contributed by atoms with Gasteiger partial charge in [-0.25, -0.2) is 0 Å². The highest BCUT2D eigenvalue weighted by molar-refractivity contribution is 7.14. The lowest BCUT2D eigenvalue weighted by atomic mass is 10.2. The van der Waals surface area contributed by atoms with E-state index in [0.717, 1.165) is 30.8 Å². The largest absolute Gasteiger partial charge is 0.347 e. The Bertz CT molecular complexity index is 342. The van der Waals surface area contributed by atoms with Gasteiger partial charge in [0.2, 0.25) is 0 Å². The molecular weight excluding hydrogens is 208 g/mol. The van der Waals surface area contributed by atoms with E-state index in [2.05, 4.69) is 17.6 Å². The first-order valence-corrected chi connectivity index (χ1v) is 6.21. The highest BCUT2D eigenvalue weighted by Gasteiger charge is 2.18. The molecule has 0 radical (unpaired) electrons. The molecule has 0 aromatic carbocycles. The summed E-state index contributed by atoms with van der Waals surface area (Å²) >= 11 is 1.59. The van der Waals surface area contributed by atoms with Gasteiger partial charge in [0.15, 0.2) is 0 Å². The molecule has 0 spiro atoms. The maximum Gasteiger partial charge on any atom is 0.261 e. The second-order valence-corrected chi connectivity index (χ2v) is 4.95. The van der Waals surface area contributed by atoms with Crippen molar-refractivity contribution in [3.05, 3.63) is 21.9 Å². The maximum absolute atomic E-state index is 11.8. The number of rotatable bonds is 3. The Labute approximate surface area is 93.9 Å². The number of thiophene rings is 1. The molecule has 1 fully saturated rings. The summed E-state index contributed by atoms with van der Waals surface area (Å²) < 4.78 is 0. The summed E-state index contributed by atoms with van der Waals surface area (Å²) in [5.74, 6) is 0.0772. The molecule has 1 saturated heterocycles. The number of hydrogen-bond donors (Lipinski definition) is 2. The fourth-order valence-corrected chi connectivity index (χ4v) is 2.57. The van der Waals surface area contributed by atoms with Crippen molar-refractivity contribution >= 4 is 17.2 Å². The number of aryl methyl sites for hydroxylation is 1. The molecule has 1 aromatic rings. The predicted octanol–water partition coefficient (Wildman–Crippen LogP) is 1.40. The molecule has 2 heterocycles. The smallest absolute Gasteiger partial charge is 0.261 e. The molecule has 0 bridgehead atoms. The molecular formula is C11H16N2OS. The first-order chi connectivity index (χ1) is 7.29. The van der Waals surface area contributed by atoms with Crippen molar-refractivity contribution in [2.75, 3.05) is 13.1 Å². The van der Waals surface area contributed by atoms with Crippen molar-refractivity contribution in [3.8, 4) is 0 Å².